The Hall–Kier alpha value is -0.900. The van der Waals surface area contributed by atoms with Crippen LogP contribution in [-0.2, 0) is 4.74 Å². The van der Waals surface area contributed by atoms with Crippen molar-refractivity contribution >= 4 is 0 Å². The van der Waals surface area contributed by atoms with Crippen molar-refractivity contribution in [2.75, 3.05) is 33.4 Å². The van der Waals surface area contributed by atoms with Gasteiger partial charge in [-0.3, -0.25) is 4.90 Å². The van der Waals surface area contributed by atoms with Crippen molar-refractivity contribution in [3.8, 4) is 0 Å². The van der Waals surface area contributed by atoms with Gasteiger partial charge in [0.2, 0.25) is 0 Å². The Balaban J connectivity index is 2.06. The molecule has 1 atom stereocenters. The van der Waals surface area contributed by atoms with E-state index in [0.29, 0.717) is 12.6 Å². The minimum atomic E-state index is 0.318. The Labute approximate surface area is 123 Å². The summed E-state index contributed by atoms with van der Waals surface area (Å²) in [4.78, 5) is 2.42. The van der Waals surface area contributed by atoms with Crippen LogP contribution in [0.4, 0.5) is 0 Å². The summed E-state index contributed by atoms with van der Waals surface area (Å²) in [6.45, 7) is 7.93. The second-order valence-corrected chi connectivity index (χ2v) is 6.11. The lowest BCUT2D eigenvalue weighted by atomic mass is 9.95. The molecule has 1 aromatic carbocycles. The van der Waals surface area contributed by atoms with E-state index in [0.717, 1.165) is 25.7 Å². The van der Waals surface area contributed by atoms with Gasteiger partial charge < -0.3 is 10.5 Å². The molecule has 1 aliphatic rings. The van der Waals surface area contributed by atoms with Crippen LogP contribution in [0, 0.1) is 19.8 Å². The van der Waals surface area contributed by atoms with Gasteiger partial charge in [-0.15, -0.1) is 0 Å². The predicted molar refractivity (Wildman–Crippen MR) is 83.9 cm³/mol. The number of hydrogen-bond acceptors (Lipinski definition) is 3. The van der Waals surface area contributed by atoms with E-state index in [1.807, 2.05) is 0 Å². The number of rotatable bonds is 5. The topological polar surface area (TPSA) is 38.5 Å². The number of ether oxygens (including phenoxy) is 1. The lowest BCUT2D eigenvalue weighted by molar-refractivity contribution is 0.0507. The van der Waals surface area contributed by atoms with E-state index in [1.54, 1.807) is 0 Å². The second-order valence-electron chi connectivity index (χ2n) is 6.11. The largest absolute Gasteiger partial charge is 0.381 e. The van der Waals surface area contributed by atoms with E-state index in [1.165, 1.54) is 29.5 Å². The molecule has 0 amide bonds. The molecule has 1 saturated heterocycles. The summed E-state index contributed by atoms with van der Waals surface area (Å²) in [5.41, 5.74) is 10.1. The molecule has 1 unspecified atom stereocenters. The molecule has 0 bridgehead atoms. The molecule has 112 valence electrons. The van der Waals surface area contributed by atoms with Crippen LogP contribution in [0.1, 0.15) is 35.6 Å². The van der Waals surface area contributed by atoms with Crippen LogP contribution in [0.15, 0.2) is 18.2 Å². The third kappa shape index (κ3) is 3.81. The van der Waals surface area contributed by atoms with Gasteiger partial charge in [-0.05, 0) is 50.8 Å². The maximum atomic E-state index is 6.05. The van der Waals surface area contributed by atoms with Crippen molar-refractivity contribution in [1.29, 1.82) is 0 Å². The van der Waals surface area contributed by atoms with Crippen molar-refractivity contribution in [2.45, 2.75) is 32.7 Å². The van der Waals surface area contributed by atoms with Gasteiger partial charge in [0.1, 0.15) is 0 Å². The zero-order chi connectivity index (χ0) is 14.5. The maximum absolute atomic E-state index is 6.05. The van der Waals surface area contributed by atoms with Gasteiger partial charge in [0.15, 0.2) is 0 Å². The van der Waals surface area contributed by atoms with E-state index in [-0.39, 0.29) is 0 Å². The maximum Gasteiger partial charge on any atom is 0.0470 e. The van der Waals surface area contributed by atoms with Gasteiger partial charge in [-0.1, -0.05) is 23.8 Å². The number of hydrogen-bond donors (Lipinski definition) is 1. The predicted octanol–water partition coefficient (Wildman–Crippen LogP) is 2.66. The number of aryl methyl sites for hydroxylation is 2. The highest BCUT2D eigenvalue weighted by atomic mass is 16.5. The fourth-order valence-corrected chi connectivity index (χ4v) is 3.21. The molecule has 20 heavy (non-hydrogen) atoms. The normalized spacial score (nSPS) is 18.4. The molecule has 0 spiro atoms. The highest BCUT2D eigenvalue weighted by Gasteiger charge is 2.22. The van der Waals surface area contributed by atoms with Crippen LogP contribution < -0.4 is 5.73 Å². The Morgan fingerprint density at radius 3 is 2.60 bits per heavy atom. The summed E-state index contributed by atoms with van der Waals surface area (Å²) < 4.78 is 5.44. The first-order chi connectivity index (χ1) is 9.61. The van der Waals surface area contributed by atoms with E-state index in [2.05, 4.69) is 44.0 Å². The molecular formula is C17H28N2O. The molecule has 0 aliphatic carbocycles. The minimum Gasteiger partial charge on any atom is -0.381 e. The first kappa shape index (κ1) is 15.5. The average Bonchev–Trinajstić information content (AvgIpc) is 2.43. The van der Waals surface area contributed by atoms with E-state index >= 15 is 0 Å². The van der Waals surface area contributed by atoms with E-state index in [9.17, 15) is 0 Å². The Morgan fingerprint density at radius 1 is 1.30 bits per heavy atom. The molecule has 1 heterocycles. The van der Waals surface area contributed by atoms with E-state index in [4.69, 9.17) is 10.5 Å². The number of nitrogens with zero attached hydrogens (tertiary/aromatic N) is 1. The standard InChI is InChI=1S/C17H28N2O/c1-13-4-5-16(14(2)10-13)17(11-18)19(3)12-15-6-8-20-9-7-15/h4-5,10,15,17H,6-9,11-12,18H2,1-3H3. The summed E-state index contributed by atoms with van der Waals surface area (Å²) in [6, 6.07) is 6.99. The smallest absolute Gasteiger partial charge is 0.0470 e. The minimum absolute atomic E-state index is 0.318. The Bertz CT molecular complexity index is 427. The third-order valence-electron chi connectivity index (χ3n) is 4.43. The van der Waals surface area contributed by atoms with Crippen molar-refractivity contribution in [2.24, 2.45) is 11.7 Å². The van der Waals surface area contributed by atoms with Gasteiger partial charge in [0.05, 0.1) is 0 Å². The molecule has 2 rings (SSSR count). The first-order valence-electron chi connectivity index (χ1n) is 7.67. The van der Waals surface area contributed by atoms with Crippen LogP contribution in [0.2, 0.25) is 0 Å². The molecule has 3 heteroatoms. The fourth-order valence-electron chi connectivity index (χ4n) is 3.21. The molecular weight excluding hydrogens is 248 g/mol. The molecule has 1 aromatic rings. The van der Waals surface area contributed by atoms with Crippen LogP contribution in [0.25, 0.3) is 0 Å². The quantitative estimate of drug-likeness (QED) is 0.898. The summed E-state index contributed by atoms with van der Waals surface area (Å²) >= 11 is 0. The van der Waals surface area contributed by atoms with Crippen molar-refractivity contribution < 1.29 is 4.74 Å². The summed E-state index contributed by atoms with van der Waals surface area (Å²) in [5.74, 6) is 0.744. The average molecular weight is 276 g/mol. The van der Waals surface area contributed by atoms with Crippen LogP contribution in [-0.4, -0.2) is 38.3 Å². The van der Waals surface area contributed by atoms with Gasteiger partial charge in [0, 0.05) is 32.3 Å². The molecule has 0 aromatic heterocycles. The fraction of sp³-hybridized carbons (Fsp3) is 0.647. The number of nitrogens with two attached hydrogens (primary N) is 1. The first-order valence-corrected chi connectivity index (χ1v) is 7.67. The second kappa shape index (κ2) is 7.21. The monoisotopic (exact) mass is 276 g/mol. The SMILES string of the molecule is Cc1ccc(C(CN)N(C)CC2CCOCC2)c(C)c1. The van der Waals surface area contributed by atoms with Crippen LogP contribution in [0.3, 0.4) is 0 Å². The third-order valence-corrected chi connectivity index (χ3v) is 4.43. The lowest BCUT2D eigenvalue weighted by Crippen LogP contribution is -2.36. The lowest BCUT2D eigenvalue weighted by Gasteiger charge is -2.33. The highest BCUT2D eigenvalue weighted by Crippen LogP contribution is 2.25. The Kier molecular flexibility index (Phi) is 5.58. The molecule has 1 aliphatic heterocycles. The van der Waals surface area contributed by atoms with Crippen LogP contribution >= 0.6 is 0 Å². The highest BCUT2D eigenvalue weighted by molar-refractivity contribution is 5.33. The zero-order valence-electron chi connectivity index (χ0n) is 13.1. The zero-order valence-corrected chi connectivity index (χ0v) is 13.1. The number of benzene rings is 1. The van der Waals surface area contributed by atoms with E-state index < -0.39 is 0 Å². The summed E-state index contributed by atoms with van der Waals surface area (Å²) in [6.07, 6.45) is 2.35. The molecule has 2 N–H and O–H groups in total. The Morgan fingerprint density at radius 2 is 2.00 bits per heavy atom. The van der Waals surface area contributed by atoms with Crippen molar-refractivity contribution in [1.82, 2.24) is 4.90 Å². The summed E-state index contributed by atoms with van der Waals surface area (Å²) in [7, 11) is 2.20. The van der Waals surface area contributed by atoms with Gasteiger partial charge in [0.25, 0.3) is 0 Å². The van der Waals surface area contributed by atoms with Crippen molar-refractivity contribution in [3.63, 3.8) is 0 Å². The molecule has 0 radical (unpaired) electrons. The van der Waals surface area contributed by atoms with Crippen LogP contribution in [0.5, 0.6) is 0 Å². The molecule has 0 saturated carbocycles. The molecule has 3 nitrogen and oxygen atoms in total. The van der Waals surface area contributed by atoms with Gasteiger partial charge in [-0.2, -0.15) is 0 Å². The van der Waals surface area contributed by atoms with Gasteiger partial charge >= 0.3 is 0 Å². The number of likely N-dealkylation sites (N-methyl/N-ethyl adjacent to an activating group) is 1. The van der Waals surface area contributed by atoms with Crippen molar-refractivity contribution in [3.05, 3.63) is 34.9 Å². The molecule has 1 fully saturated rings. The summed E-state index contributed by atoms with van der Waals surface area (Å²) in [5, 5.41) is 0. The van der Waals surface area contributed by atoms with Gasteiger partial charge in [-0.25, -0.2) is 0 Å².